The zero-order valence-electron chi connectivity index (χ0n) is 10.8. The quantitative estimate of drug-likeness (QED) is 0.743. The Bertz CT molecular complexity index is 492. The van der Waals surface area contributed by atoms with Crippen molar-refractivity contribution in [3.05, 3.63) is 59.7 Å². The van der Waals surface area contributed by atoms with E-state index in [4.69, 9.17) is 9.47 Å². The molecule has 0 heterocycles. The summed E-state index contributed by atoms with van der Waals surface area (Å²) < 4.78 is 11.3. The van der Waals surface area contributed by atoms with E-state index < -0.39 is 0 Å². The molecular weight excluding hydrogens is 224 g/mol. The van der Waals surface area contributed by atoms with Gasteiger partial charge >= 0.3 is 0 Å². The van der Waals surface area contributed by atoms with Crippen molar-refractivity contribution < 1.29 is 9.47 Å². The molecule has 0 aliphatic rings. The van der Waals surface area contributed by atoms with Gasteiger partial charge in [0.05, 0.1) is 0 Å². The summed E-state index contributed by atoms with van der Waals surface area (Å²) in [4.78, 5) is 0. The van der Waals surface area contributed by atoms with Crippen LogP contribution in [0.2, 0.25) is 0 Å². The molecule has 2 aromatic carbocycles. The number of ether oxygens (including phenoxy) is 2. The van der Waals surface area contributed by atoms with E-state index in [1.807, 2.05) is 42.5 Å². The van der Waals surface area contributed by atoms with Gasteiger partial charge in [-0.2, -0.15) is 0 Å². The van der Waals surface area contributed by atoms with Crippen LogP contribution in [0.5, 0.6) is 11.5 Å². The number of rotatable bonds is 5. The summed E-state index contributed by atoms with van der Waals surface area (Å²) in [6, 6.07) is 15.9. The highest BCUT2D eigenvalue weighted by molar-refractivity contribution is 5.38. The van der Waals surface area contributed by atoms with E-state index in [2.05, 4.69) is 19.9 Å². The highest BCUT2D eigenvalue weighted by Gasteiger charge is 2.01. The SMILES string of the molecule is Cc1cccc(OCCOc2ccccc2)c1C. The number of benzene rings is 2. The summed E-state index contributed by atoms with van der Waals surface area (Å²) in [7, 11) is 0. The van der Waals surface area contributed by atoms with Gasteiger partial charge in [-0.25, -0.2) is 0 Å². The van der Waals surface area contributed by atoms with E-state index in [-0.39, 0.29) is 0 Å². The first-order valence-corrected chi connectivity index (χ1v) is 6.14. The maximum Gasteiger partial charge on any atom is 0.122 e. The third kappa shape index (κ3) is 3.27. The number of para-hydroxylation sites is 1. The highest BCUT2D eigenvalue weighted by atomic mass is 16.5. The molecular formula is C16H18O2. The van der Waals surface area contributed by atoms with Gasteiger partial charge in [0.1, 0.15) is 24.7 Å². The van der Waals surface area contributed by atoms with Crippen LogP contribution in [0.3, 0.4) is 0 Å². The van der Waals surface area contributed by atoms with Crippen molar-refractivity contribution in [2.45, 2.75) is 13.8 Å². The lowest BCUT2D eigenvalue weighted by Gasteiger charge is -2.11. The van der Waals surface area contributed by atoms with Crippen LogP contribution in [0, 0.1) is 13.8 Å². The largest absolute Gasteiger partial charge is 0.490 e. The van der Waals surface area contributed by atoms with Crippen molar-refractivity contribution in [3.8, 4) is 11.5 Å². The molecule has 94 valence electrons. The number of hydrogen-bond donors (Lipinski definition) is 0. The fourth-order valence-corrected chi connectivity index (χ4v) is 1.71. The van der Waals surface area contributed by atoms with Gasteiger partial charge in [0, 0.05) is 0 Å². The fourth-order valence-electron chi connectivity index (χ4n) is 1.71. The molecule has 18 heavy (non-hydrogen) atoms. The van der Waals surface area contributed by atoms with Gasteiger partial charge in [-0.15, -0.1) is 0 Å². The van der Waals surface area contributed by atoms with Gasteiger partial charge in [0.15, 0.2) is 0 Å². The topological polar surface area (TPSA) is 18.5 Å². The normalized spacial score (nSPS) is 10.1. The molecule has 0 radical (unpaired) electrons. The van der Waals surface area contributed by atoms with E-state index in [9.17, 15) is 0 Å². The average Bonchev–Trinajstić information content (AvgIpc) is 2.40. The second-order valence-corrected chi connectivity index (χ2v) is 4.21. The Kier molecular flexibility index (Phi) is 4.24. The summed E-state index contributed by atoms with van der Waals surface area (Å²) in [5.41, 5.74) is 2.44. The van der Waals surface area contributed by atoms with E-state index in [1.165, 1.54) is 11.1 Å². The molecule has 2 heteroatoms. The Balaban J connectivity index is 1.81. The van der Waals surface area contributed by atoms with E-state index in [1.54, 1.807) is 0 Å². The molecule has 2 rings (SSSR count). The van der Waals surface area contributed by atoms with Crippen molar-refractivity contribution in [1.82, 2.24) is 0 Å². The maximum absolute atomic E-state index is 5.71. The maximum atomic E-state index is 5.71. The van der Waals surface area contributed by atoms with Crippen LogP contribution < -0.4 is 9.47 Å². The van der Waals surface area contributed by atoms with Crippen LogP contribution in [0.1, 0.15) is 11.1 Å². The van der Waals surface area contributed by atoms with Crippen LogP contribution >= 0.6 is 0 Å². The Labute approximate surface area is 108 Å². The van der Waals surface area contributed by atoms with Crippen molar-refractivity contribution in [3.63, 3.8) is 0 Å². The number of aryl methyl sites for hydroxylation is 1. The molecule has 0 atom stereocenters. The summed E-state index contributed by atoms with van der Waals surface area (Å²) >= 11 is 0. The summed E-state index contributed by atoms with van der Waals surface area (Å²) in [6.45, 7) is 5.27. The molecule has 0 bridgehead atoms. The molecule has 2 nitrogen and oxygen atoms in total. The second-order valence-electron chi connectivity index (χ2n) is 4.21. The molecule has 0 N–H and O–H groups in total. The van der Waals surface area contributed by atoms with Gasteiger partial charge in [0.25, 0.3) is 0 Å². The standard InChI is InChI=1S/C16H18O2/c1-13-7-6-10-16(14(13)2)18-12-11-17-15-8-4-3-5-9-15/h3-10H,11-12H2,1-2H3. The third-order valence-electron chi connectivity index (χ3n) is 2.91. The van der Waals surface area contributed by atoms with Gasteiger partial charge in [0.2, 0.25) is 0 Å². The Morgan fingerprint density at radius 1 is 0.778 bits per heavy atom. The molecule has 0 saturated heterocycles. The fraction of sp³-hybridized carbons (Fsp3) is 0.250. The van der Waals surface area contributed by atoms with Gasteiger partial charge < -0.3 is 9.47 Å². The van der Waals surface area contributed by atoms with Crippen LogP contribution in [-0.4, -0.2) is 13.2 Å². The Morgan fingerprint density at radius 3 is 2.28 bits per heavy atom. The van der Waals surface area contributed by atoms with Crippen LogP contribution in [-0.2, 0) is 0 Å². The Hall–Kier alpha value is -1.96. The smallest absolute Gasteiger partial charge is 0.122 e. The number of hydrogen-bond acceptors (Lipinski definition) is 2. The van der Waals surface area contributed by atoms with Gasteiger partial charge in [-0.05, 0) is 43.2 Å². The minimum atomic E-state index is 0.553. The van der Waals surface area contributed by atoms with E-state index in [0.717, 1.165) is 11.5 Å². The summed E-state index contributed by atoms with van der Waals surface area (Å²) in [5, 5.41) is 0. The molecule has 0 unspecified atom stereocenters. The monoisotopic (exact) mass is 242 g/mol. The molecule has 0 fully saturated rings. The average molecular weight is 242 g/mol. The van der Waals surface area contributed by atoms with Crippen LogP contribution in [0.15, 0.2) is 48.5 Å². The molecule has 2 aromatic rings. The third-order valence-corrected chi connectivity index (χ3v) is 2.91. The first-order valence-electron chi connectivity index (χ1n) is 6.14. The zero-order chi connectivity index (χ0) is 12.8. The van der Waals surface area contributed by atoms with Crippen molar-refractivity contribution in [2.24, 2.45) is 0 Å². The molecule has 0 amide bonds. The van der Waals surface area contributed by atoms with Gasteiger partial charge in [-0.3, -0.25) is 0 Å². The van der Waals surface area contributed by atoms with E-state index >= 15 is 0 Å². The first-order chi connectivity index (χ1) is 8.77. The van der Waals surface area contributed by atoms with Crippen molar-refractivity contribution in [2.75, 3.05) is 13.2 Å². The molecule has 0 aromatic heterocycles. The zero-order valence-corrected chi connectivity index (χ0v) is 10.8. The second kappa shape index (κ2) is 6.10. The lowest BCUT2D eigenvalue weighted by molar-refractivity contribution is 0.216. The minimum Gasteiger partial charge on any atom is -0.490 e. The highest BCUT2D eigenvalue weighted by Crippen LogP contribution is 2.20. The first kappa shape index (κ1) is 12.5. The summed E-state index contributed by atoms with van der Waals surface area (Å²) in [6.07, 6.45) is 0. The van der Waals surface area contributed by atoms with Crippen LogP contribution in [0.4, 0.5) is 0 Å². The minimum absolute atomic E-state index is 0.553. The molecule has 0 saturated carbocycles. The lowest BCUT2D eigenvalue weighted by Crippen LogP contribution is -2.09. The molecule has 0 spiro atoms. The van der Waals surface area contributed by atoms with Crippen molar-refractivity contribution in [1.29, 1.82) is 0 Å². The predicted molar refractivity (Wildman–Crippen MR) is 73.3 cm³/mol. The predicted octanol–water partition coefficient (Wildman–Crippen LogP) is 3.76. The molecule has 0 aliphatic carbocycles. The van der Waals surface area contributed by atoms with E-state index in [0.29, 0.717) is 13.2 Å². The lowest BCUT2D eigenvalue weighted by atomic mass is 10.1. The van der Waals surface area contributed by atoms with Crippen molar-refractivity contribution >= 4 is 0 Å². The van der Waals surface area contributed by atoms with Gasteiger partial charge in [-0.1, -0.05) is 30.3 Å². The molecule has 0 aliphatic heterocycles. The Morgan fingerprint density at radius 2 is 1.50 bits per heavy atom. The summed E-state index contributed by atoms with van der Waals surface area (Å²) in [5.74, 6) is 1.81. The van der Waals surface area contributed by atoms with Crippen LogP contribution in [0.25, 0.3) is 0 Å².